The molecule has 0 fully saturated rings. The van der Waals surface area contributed by atoms with Gasteiger partial charge in [-0.25, -0.2) is 4.68 Å². The smallest absolute Gasteiger partial charge is 0.191 e. The Morgan fingerprint density at radius 2 is 1.91 bits per heavy atom. The first kappa shape index (κ1) is 14.8. The molecule has 0 saturated carbocycles. The average molecular weight is 314 g/mol. The van der Waals surface area contributed by atoms with Gasteiger partial charge in [0.1, 0.15) is 5.82 Å². The zero-order valence-corrected chi connectivity index (χ0v) is 13.7. The highest BCUT2D eigenvalue weighted by Crippen LogP contribution is 2.32. The highest BCUT2D eigenvalue weighted by molar-refractivity contribution is 7.99. The van der Waals surface area contributed by atoms with Crippen LogP contribution in [0.3, 0.4) is 0 Å². The van der Waals surface area contributed by atoms with Gasteiger partial charge in [0.05, 0.1) is 22.8 Å². The first-order chi connectivity index (χ1) is 10.7. The van der Waals surface area contributed by atoms with Gasteiger partial charge in [-0.05, 0) is 32.9 Å². The van der Waals surface area contributed by atoms with E-state index in [1.807, 2.05) is 43.5 Å². The minimum absolute atomic E-state index is 0.159. The molecule has 0 N–H and O–H groups in total. The van der Waals surface area contributed by atoms with E-state index in [1.165, 1.54) is 0 Å². The van der Waals surface area contributed by atoms with E-state index in [9.17, 15) is 0 Å². The van der Waals surface area contributed by atoms with E-state index in [0.29, 0.717) is 0 Å². The van der Waals surface area contributed by atoms with E-state index < -0.39 is 0 Å². The maximum atomic E-state index is 4.29. The van der Waals surface area contributed by atoms with E-state index in [1.54, 1.807) is 16.4 Å². The van der Waals surface area contributed by atoms with E-state index in [-0.39, 0.29) is 5.25 Å². The van der Waals surface area contributed by atoms with Crippen LogP contribution in [0.2, 0.25) is 0 Å². The second-order valence-corrected chi connectivity index (χ2v) is 6.27. The minimum Gasteiger partial charge on any atom is -0.307 e. The Labute approximate surface area is 133 Å². The summed E-state index contributed by atoms with van der Waals surface area (Å²) in [5, 5.41) is 17.9. The number of para-hydroxylation sites is 1. The summed E-state index contributed by atoms with van der Waals surface area (Å²) < 4.78 is 3.89. The molecule has 2 heterocycles. The molecule has 7 heteroatoms. The lowest BCUT2D eigenvalue weighted by atomic mass is 10.3. The summed E-state index contributed by atoms with van der Waals surface area (Å²) in [7, 11) is 0. The van der Waals surface area contributed by atoms with E-state index in [2.05, 4.69) is 38.9 Å². The predicted octanol–water partition coefficient (Wildman–Crippen LogP) is 3.04. The van der Waals surface area contributed by atoms with Crippen LogP contribution in [-0.4, -0.2) is 29.8 Å². The van der Waals surface area contributed by atoms with Crippen molar-refractivity contribution in [1.82, 2.24) is 29.8 Å². The number of aromatic nitrogens is 6. The summed E-state index contributed by atoms with van der Waals surface area (Å²) in [6.45, 7) is 7.03. The molecule has 3 rings (SSSR count). The maximum absolute atomic E-state index is 4.29. The molecule has 0 amide bonds. The van der Waals surface area contributed by atoms with Crippen LogP contribution in [0.15, 0.2) is 41.7 Å². The molecule has 0 radical (unpaired) electrons. The normalized spacial score (nSPS) is 12.5. The molecule has 0 spiro atoms. The lowest BCUT2D eigenvalue weighted by Crippen LogP contribution is -2.00. The number of hydrogen-bond donors (Lipinski definition) is 0. The molecule has 0 aliphatic carbocycles. The fourth-order valence-corrected chi connectivity index (χ4v) is 3.22. The molecule has 1 aromatic carbocycles. The highest BCUT2D eigenvalue weighted by atomic mass is 32.2. The predicted molar refractivity (Wildman–Crippen MR) is 86.1 cm³/mol. The summed E-state index contributed by atoms with van der Waals surface area (Å²) in [6, 6.07) is 9.98. The number of rotatable bonds is 5. The monoisotopic (exact) mass is 314 g/mol. The first-order valence-electron chi connectivity index (χ1n) is 7.23. The quantitative estimate of drug-likeness (QED) is 0.677. The SMILES string of the molecule is CCn1c(C)nnc1SC(C)c1cn(-c2ccccc2)nn1. The second kappa shape index (κ2) is 6.31. The van der Waals surface area contributed by atoms with Crippen molar-refractivity contribution in [3.8, 4) is 5.69 Å². The Morgan fingerprint density at radius 1 is 1.14 bits per heavy atom. The van der Waals surface area contributed by atoms with Crippen molar-refractivity contribution in [2.24, 2.45) is 0 Å². The van der Waals surface area contributed by atoms with Crippen LogP contribution in [0.1, 0.15) is 30.6 Å². The lowest BCUT2D eigenvalue weighted by Gasteiger charge is -2.08. The Balaban J connectivity index is 1.78. The standard InChI is InChI=1S/C15H18N6S/c1-4-20-12(3)16-18-15(20)22-11(2)14-10-21(19-17-14)13-8-6-5-7-9-13/h5-11H,4H2,1-3H3. The summed E-state index contributed by atoms with van der Waals surface area (Å²) in [4.78, 5) is 0. The van der Waals surface area contributed by atoms with Crippen LogP contribution in [-0.2, 0) is 6.54 Å². The molecule has 2 aromatic heterocycles. The topological polar surface area (TPSA) is 61.4 Å². The van der Waals surface area contributed by atoms with Gasteiger partial charge >= 0.3 is 0 Å². The molecule has 0 aliphatic heterocycles. The Bertz CT molecular complexity index is 748. The van der Waals surface area contributed by atoms with Crippen LogP contribution < -0.4 is 0 Å². The third kappa shape index (κ3) is 2.89. The fraction of sp³-hybridized carbons (Fsp3) is 0.333. The van der Waals surface area contributed by atoms with E-state index in [4.69, 9.17) is 0 Å². The minimum atomic E-state index is 0.159. The molecule has 22 heavy (non-hydrogen) atoms. The van der Waals surface area contributed by atoms with Crippen molar-refractivity contribution in [3.63, 3.8) is 0 Å². The summed E-state index contributed by atoms with van der Waals surface area (Å²) in [5.41, 5.74) is 1.93. The molecule has 0 aliphatic rings. The number of hydrogen-bond acceptors (Lipinski definition) is 5. The fourth-order valence-electron chi connectivity index (χ4n) is 2.20. The van der Waals surface area contributed by atoms with Gasteiger partial charge in [0, 0.05) is 6.54 Å². The number of benzene rings is 1. The molecular formula is C15H18N6S. The molecule has 6 nitrogen and oxygen atoms in total. The third-order valence-corrected chi connectivity index (χ3v) is 4.56. The van der Waals surface area contributed by atoms with Crippen molar-refractivity contribution in [2.75, 3.05) is 0 Å². The van der Waals surface area contributed by atoms with Crippen molar-refractivity contribution in [2.45, 2.75) is 37.7 Å². The molecule has 1 unspecified atom stereocenters. The molecule has 3 aromatic rings. The van der Waals surface area contributed by atoms with Crippen LogP contribution in [0, 0.1) is 6.92 Å². The van der Waals surface area contributed by atoms with Gasteiger partial charge < -0.3 is 4.57 Å². The Kier molecular flexibility index (Phi) is 4.24. The van der Waals surface area contributed by atoms with Crippen molar-refractivity contribution < 1.29 is 0 Å². The third-order valence-electron chi connectivity index (χ3n) is 3.45. The summed E-state index contributed by atoms with van der Waals surface area (Å²) in [5.74, 6) is 0.935. The zero-order valence-electron chi connectivity index (χ0n) is 12.8. The average Bonchev–Trinajstić information content (AvgIpc) is 3.15. The van der Waals surface area contributed by atoms with E-state index >= 15 is 0 Å². The second-order valence-electron chi connectivity index (χ2n) is 4.96. The first-order valence-corrected chi connectivity index (χ1v) is 8.11. The zero-order chi connectivity index (χ0) is 15.5. The highest BCUT2D eigenvalue weighted by Gasteiger charge is 2.17. The maximum Gasteiger partial charge on any atom is 0.191 e. The van der Waals surface area contributed by atoms with Gasteiger partial charge in [-0.15, -0.1) is 15.3 Å². The van der Waals surface area contributed by atoms with Gasteiger partial charge in [0.25, 0.3) is 0 Å². The van der Waals surface area contributed by atoms with Gasteiger partial charge in [-0.3, -0.25) is 0 Å². The number of nitrogens with zero attached hydrogens (tertiary/aromatic N) is 6. The van der Waals surface area contributed by atoms with Crippen molar-refractivity contribution in [1.29, 1.82) is 0 Å². The van der Waals surface area contributed by atoms with Crippen molar-refractivity contribution in [3.05, 3.63) is 48.0 Å². The summed E-state index contributed by atoms with van der Waals surface area (Å²) in [6.07, 6.45) is 1.96. The van der Waals surface area contributed by atoms with Gasteiger partial charge in [-0.2, -0.15) is 0 Å². The Morgan fingerprint density at radius 3 is 2.64 bits per heavy atom. The lowest BCUT2D eigenvalue weighted by molar-refractivity contribution is 0.660. The Hall–Kier alpha value is -2.15. The van der Waals surface area contributed by atoms with Crippen LogP contribution in [0.4, 0.5) is 0 Å². The molecule has 0 bridgehead atoms. The van der Waals surface area contributed by atoms with Crippen LogP contribution >= 0.6 is 11.8 Å². The molecule has 0 saturated heterocycles. The number of aryl methyl sites for hydroxylation is 1. The van der Waals surface area contributed by atoms with Crippen molar-refractivity contribution >= 4 is 11.8 Å². The molecule has 1 atom stereocenters. The summed E-state index contributed by atoms with van der Waals surface area (Å²) >= 11 is 1.65. The van der Waals surface area contributed by atoms with Gasteiger partial charge in [0.15, 0.2) is 5.16 Å². The van der Waals surface area contributed by atoms with Crippen LogP contribution in [0.25, 0.3) is 5.69 Å². The van der Waals surface area contributed by atoms with Gasteiger partial charge in [0.2, 0.25) is 0 Å². The molecular weight excluding hydrogens is 296 g/mol. The van der Waals surface area contributed by atoms with Crippen LogP contribution in [0.5, 0.6) is 0 Å². The molecule has 114 valence electrons. The van der Waals surface area contributed by atoms with Gasteiger partial charge in [-0.1, -0.05) is 35.2 Å². The van der Waals surface area contributed by atoms with E-state index in [0.717, 1.165) is 28.9 Å². The number of thioether (sulfide) groups is 1. The largest absolute Gasteiger partial charge is 0.307 e.